The van der Waals surface area contributed by atoms with Gasteiger partial charge in [-0.05, 0) is 42.2 Å². The van der Waals surface area contributed by atoms with E-state index in [1.807, 2.05) is 0 Å². The molecule has 1 aromatic carbocycles. The van der Waals surface area contributed by atoms with Gasteiger partial charge in [-0.1, -0.05) is 57.7 Å². The van der Waals surface area contributed by atoms with Crippen molar-refractivity contribution in [1.29, 1.82) is 0 Å². The summed E-state index contributed by atoms with van der Waals surface area (Å²) in [7, 11) is 0. The lowest BCUT2D eigenvalue weighted by Crippen LogP contribution is -2.43. The van der Waals surface area contributed by atoms with Crippen LogP contribution in [0, 0.1) is 17.8 Å². The molecule has 1 heteroatoms. The fourth-order valence-corrected chi connectivity index (χ4v) is 4.38. The molecule has 0 radical (unpaired) electrons. The minimum absolute atomic E-state index is 0.695. The van der Waals surface area contributed by atoms with Crippen molar-refractivity contribution in [2.24, 2.45) is 17.8 Å². The van der Waals surface area contributed by atoms with Crippen molar-refractivity contribution >= 4 is 5.69 Å². The first-order valence-electron chi connectivity index (χ1n) is 8.14. The van der Waals surface area contributed by atoms with Crippen molar-refractivity contribution in [2.45, 2.75) is 58.4 Å². The van der Waals surface area contributed by atoms with E-state index in [1.165, 1.54) is 49.8 Å². The quantitative estimate of drug-likeness (QED) is 0.796. The first kappa shape index (κ1) is 13.0. The summed E-state index contributed by atoms with van der Waals surface area (Å²) in [6, 6.07) is 9.57. The van der Waals surface area contributed by atoms with Gasteiger partial charge in [-0.15, -0.1) is 0 Å². The second-order valence-electron chi connectivity index (χ2n) is 6.63. The zero-order valence-corrected chi connectivity index (χ0v) is 12.4. The molecule has 1 fully saturated rings. The third kappa shape index (κ3) is 2.52. The molecular weight excluding hydrogens is 230 g/mol. The normalized spacial score (nSPS) is 34.4. The van der Waals surface area contributed by atoms with E-state index < -0.39 is 0 Å². The molecule has 2 aliphatic rings. The molecule has 4 atom stereocenters. The van der Waals surface area contributed by atoms with Crippen LogP contribution in [0.3, 0.4) is 0 Å². The summed E-state index contributed by atoms with van der Waals surface area (Å²) >= 11 is 0. The van der Waals surface area contributed by atoms with Gasteiger partial charge in [0.1, 0.15) is 0 Å². The van der Waals surface area contributed by atoms with Crippen molar-refractivity contribution in [2.75, 3.05) is 5.32 Å². The predicted molar refractivity (Wildman–Crippen MR) is 82.5 cm³/mol. The highest BCUT2D eigenvalue weighted by molar-refractivity contribution is 5.54. The topological polar surface area (TPSA) is 12.0 Å². The minimum atomic E-state index is 0.695. The molecule has 1 nitrogen and oxygen atoms in total. The van der Waals surface area contributed by atoms with Crippen LogP contribution in [0.5, 0.6) is 0 Å². The second-order valence-corrected chi connectivity index (χ2v) is 6.63. The standard InChI is InChI=1S/C18H27N/c1-3-14-8-4-6-10-16(14)18-13(2)12-15-9-5-7-11-17(15)19-18/h5,7,9,11,13-14,16,18-19H,3-4,6,8,10,12H2,1-2H3. The molecule has 4 unspecified atom stereocenters. The van der Waals surface area contributed by atoms with E-state index in [1.54, 1.807) is 0 Å². The van der Waals surface area contributed by atoms with Crippen LogP contribution in [0.4, 0.5) is 5.69 Å². The Bertz CT molecular complexity index is 425. The Balaban J connectivity index is 1.81. The molecule has 0 aromatic heterocycles. The van der Waals surface area contributed by atoms with Crippen molar-refractivity contribution in [3.8, 4) is 0 Å². The zero-order chi connectivity index (χ0) is 13.2. The molecular formula is C18H27N. The summed E-state index contributed by atoms with van der Waals surface area (Å²) in [6.07, 6.45) is 8.38. The van der Waals surface area contributed by atoms with Crippen LogP contribution in [-0.2, 0) is 6.42 Å². The number of rotatable bonds is 2. The van der Waals surface area contributed by atoms with Crippen LogP contribution < -0.4 is 5.32 Å². The van der Waals surface area contributed by atoms with E-state index in [-0.39, 0.29) is 0 Å². The van der Waals surface area contributed by atoms with Gasteiger partial charge in [0.2, 0.25) is 0 Å². The van der Waals surface area contributed by atoms with Crippen LogP contribution in [0.25, 0.3) is 0 Å². The van der Waals surface area contributed by atoms with Crippen molar-refractivity contribution in [3.05, 3.63) is 29.8 Å². The first-order valence-corrected chi connectivity index (χ1v) is 8.14. The average Bonchev–Trinajstić information content (AvgIpc) is 2.46. The monoisotopic (exact) mass is 257 g/mol. The SMILES string of the molecule is CCC1CCCCC1C1Nc2ccccc2CC1C. The number of para-hydroxylation sites is 1. The summed E-state index contributed by atoms with van der Waals surface area (Å²) in [5.74, 6) is 2.60. The molecule has 1 aliphatic carbocycles. The summed E-state index contributed by atoms with van der Waals surface area (Å²) in [5, 5.41) is 3.88. The Kier molecular flexibility index (Phi) is 3.81. The summed E-state index contributed by atoms with van der Waals surface area (Å²) in [5.41, 5.74) is 2.90. The molecule has 1 N–H and O–H groups in total. The fourth-order valence-electron chi connectivity index (χ4n) is 4.38. The predicted octanol–water partition coefficient (Wildman–Crippen LogP) is 4.88. The maximum Gasteiger partial charge on any atom is 0.0375 e. The Morgan fingerprint density at radius 2 is 1.95 bits per heavy atom. The highest BCUT2D eigenvalue weighted by Crippen LogP contribution is 2.40. The van der Waals surface area contributed by atoms with Crippen LogP contribution in [-0.4, -0.2) is 6.04 Å². The third-order valence-corrected chi connectivity index (χ3v) is 5.45. The lowest BCUT2D eigenvalue weighted by molar-refractivity contribution is 0.173. The number of fused-ring (bicyclic) bond motifs is 1. The van der Waals surface area contributed by atoms with Crippen molar-refractivity contribution in [3.63, 3.8) is 0 Å². The molecule has 104 valence electrons. The highest BCUT2D eigenvalue weighted by Gasteiger charge is 2.36. The van der Waals surface area contributed by atoms with Crippen molar-refractivity contribution < 1.29 is 0 Å². The molecule has 0 saturated heterocycles. The zero-order valence-electron chi connectivity index (χ0n) is 12.4. The molecule has 19 heavy (non-hydrogen) atoms. The van der Waals surface area contributed by atoms with Crippen LogP contribution >= 0.6 is 0 Å². The molecule has 1 aromatic rings. The van der Waals surface area contributed by atoms with Gasteiger partial charge >= 0.3 is 0 Å². The third-order valence-electron chi connectivity index (χ3n) is 5.45. The largest absolute Gasteiger partial charge is 0.382 e. The first-order chi connectivity index (χ1) is 9.29. The van der Waals surface area contributed by atoms with Gasteiger partial charge in [0.25, 0.3) is 0 Å². The van der Waals surface area contributed by atoms with E-state index in [2.05, 4.69) is 43.4 Å². The van der Waals surface area contributed by atoms with Gasteiger partial charge in [0.15, 0.2) is 0 Å². The van der Waals surface area contributed by atoms with E-state index >= 15 is 0 Å². The molecule has 0 spiro atoms. The number of hydrogen-bond acceptors (Lipinski definition) is 1. The maximum atomic E-state index is 3.88. The molecule has 0 bridgehead atoms. The Morgan fingerprint density at radius 3 is 2.79 bits per heavy atom. The Hall–Kier alpha value is -0.980. The molecule has 3 rings (SSSR count). The minimum Gasteiger partial charge on any atom is -0.382 e. The number of benzene rings is 1. The lowest BCUT2D eigenvalue weighted by atomic mass is 9.69. The van der Waals surface area contributed by atoms with Gasteiger partial charge < -0.3 is 5.32 Å². The average molecular weight is 257 g/mol. The lowest BCUT2D eigenvalue weighted by Gasteiger charge is -2.43. The fraction of sp³-hybridized carbons (Fsp3) is 0.667. The number of nitrogens with one attached hydrogen (secondary N) is 1. The summed E-state index contributed by atoms with van der Waals surface area (Å²) < 4.78 is 0. The molecule has 1 heterocycles. The van der Waals surface area contributed by atoms with Gasteiger partial charge in [-0.25, -0.2) is 0 Å². The van der Waals surface area contributed by atoms with E-state index in [0.717, 1.165) is 17.8 Å². The second kappa shape index (κ2) is 5.56. The van der Waals surface area contributed by atoms with Crippen LogP contribution in [0.2, 0.25) is 0 Å². The van der Waals surface area contributed by atoms with Gasteiger partial charge in [-0.3, -0.25) is 0 Å². The molecule has 0 amide bonds. The molecule has 1 saturated carbocycles. The highest BCUT2D eigenvalue weighted by atomic mass is 15.0. The van der Waals surface area contributed by atoms with Gasteiger partial charge in [0, 0.05) is 11.7 Å². The maximum absolute atomic E-state index is 3.88. The summed E-state index contributed by atoms with van der Waals surface area (Å²) in [4.78, 5) is 0. The smallest absolute Gasteiger partial charge is 0.0375 e. The Morgan fingerprint density at radius 1 is 1.16 bits per heavy atom. The van der Waals surface area contributed by atoms with Crippen molar-refractivity contribution in [1.82, 2.24) is 0 Å². The van der Waals surface area contributed by atoms with Crippen LogP contribution in [0.1, 0.15) is 51.5 Å². The van der Waals surface area contributed by atoms with Gasteiger partial charge in [0.05, 0.1) is 0 Å². The number of hydrogen-bond donors (Lipinski definition) is 1. The molecule has 1 aliphatic heterocycles. The number of anilines is 1. The van der Waals surface area contributed by atoms with E-state index in [4.69, 9.17) is 0 Å². The van der Waals surface area contributed by atoms with E-state index in [0.29, 0.717) is 6.04 Å². The van der Waals surface area contributed by atoms with E-state index in [9.17, 15) is 0 Å². The van der Waals surface area contributed by atoms with Crippen LogP contribution in [0.15, 0.2) is 24.3 Å². The Labute approximate surface area is 117 Å². The summed E-state index contributed by atoms with van der Waals surface area (Å²) in [6.45, 7) is 4.82. The van der Waals surface area contributed by atoms with Gasteiger partial charge in [-0.2, -0.15) is 0 Å².